The average molecular weight is 468 g/mol. The summed E-state index contributed by atoms with van der Waals surface area (Å²) in [5.74, 6) is -1.23. The van der Waals surface area contributed by atoms with Crippen LogP contribution in [0.4, 0.5) is 0 Å². The van der Waals surface area contributed by atoms with E-state index in [1.54, 1.807) is 56.5 Å². The molecule has 2 aromatic rings. The molecule has 9 heteroatoms. The van der Waals surface area contributed by atoms with Crippen molar-refractivity contribution >= 4 is 23.4 Å². The van der Waals surface area contributed by atoms with Crippen LogP contribution in [0.5, 0.6) is 11.5 Å². The Morgan fingerprint density at radius 3 is 2.32 bits per heavy atom. The number of likely N-dealkylation sites (tertiary alicyclic amines) is 1. The molecule has 9 nitrogen and oxygen atoms in total. The molecule has 1 aliphatic rings. The van der Waals surface area contributed by atoms with Gasteiger partial charge in [-0.1, -0.05) is 12.1 Å². The number of methoxy groups -OCH3 is 1. The predicted octanol–water partition coefficient (Wildman–Crippen LogP) is 1.85. The molecule has 2 amide bonds. The first kappa shape index (κ1) is 24.8. The Hall–Kier alpha value is -3.85. The van der Waals surface area contributed by atoms with Gasteiger partial charge in [-0.25, -0.2) is 0 Å². The van der Waals surface area contributed by atoms with Crippen molar-refractivity contribution in [3.05, 3.63) is 64.7 Å². The van der Waals surface area contributed by atoms with Gasteiger partial charge in [0.25, 0.3) is 17.6 Å². The second kappa shape index (κ2) is 10.4. The molecule has 3 rings (SSSR count). The zero-order chi connectivity index (χ0) is 25.0. The van der Waals surface area contributed by atoms with E-state index in [1.807, 2.05) is 19.0 Å². The van der Waals surface area contributed by atoms with E-state index < -0.39 is 23.6 Å². The van der Waals surface area contributed by atoms with Gasteiger partial charge >= 0.3 is 0 Å². The molecular formula is C25H29N3O6. The van der Waals surface area contributed by atoms with E-state index >= 15 is 0 Å². The zero-order valence-electron chi connectivity index (χ0n) is 19.7. The highest BCUT2D eigenvalue weighted by Crippen LogP contribution is 2.40. The van der Waals surface area contributed by atoms with Gasteiger partial charge in [0.2, 0.25) is 0 Å². The molecule has 1 saturated heterocycles. The quantitative estimate of drug-likeness (QED) is 0.328. The van der Waals surface area contributed by atoms with E-state index in [2.05, 4.69) is 0 Å². The molecule has 34 heavy (non-hydrogen) atoms. The van der Waals surface area contributed by atoms with Gasteiger partial charge in [0.15, 0.2) is 6.61 Å². The highest BCUT2D eigenvalue weighted by Gasteiger charge is 2.46. The van der Waals surface area contributed by atoms with Crippen LogP contribution in [0.25, 0.3) is 5.76 Å². The first-order valence-electron chi connectivity index (χ1n) is 10.7. The van der Waals surface area contributed by atoms with E-state index in [1.165, 1.54) is 4.90 Å². The minimum absolute atomic E-state index is 0.0165. The van der Waals surface area contributed by atoms with Crippen molar-refractivity contribution in [2.45, 2.75) is 13.0 Å². The summed E-state index contributed by atoms with van der Waals surface area (Å²) < 4.78 is 10.5. The lowest BCUT2D eigenvalue weighted by atomic mass is 9.94. The highest BCUT2D eigenvalue weighted by molar-refractivity contribution is 6.46. The summed E-state index contributed by atoms with van der Waals surface area (Å²) in [7, 11) is 5.29. The third-order valence-electron chi connectivity index (χ3n) is 5.59. The van der Waals surface area contributed by atoms with Gasteiger partial charge in [0.1, 0.15) is 17.3 Å². The van der Waals surface area contributed by atoms with Gasteiger partial charge in [-0.2, -0.15) is 0 Å². The molecule has 0 aliphatic carbocycles. The summed E-state index contributed by atoms with van der Waals surface area (Å²) in [6.45, 7) is 2.35. The molecule has 2 aromatic carbocycles. The minimum Gasteiger partial charge on any atom is -0.507 e. The summed E-state index contributed by atoms with van der Waals surface area (Å²) in [5, 5.41) is 11.2. The summed E-state index contributed by atoms with van der Waals surface area (Å²) in [4.78, 5) is 40.5. The number of hydrogen-bond donors (Lipinski definition) is 2. The first-order chi connectivity index (χ1) is 16.1. The van der Waals surface area contributed by atoms with Gasteiger partial charge in [0.05, 0.1) is 18.7 Å². The molecule has 0 bridgehead atoms. The second-order valence-corrected chi connectivity index (χ2v) is 8.30. The highest BCUT2D eigenvalue weighted by atomic mass is 16.5. The molecule has 1 atom stereocenters. The fraction of sp³-hybridized carbons (Fsp3) is 0.320. The van der Waals surface area contributed by atoms with E-state index in [0.717, 1.165) is 0 Å². The van der Waals surface area contributed by atoms with Gasteiger partial charge in [-0.3, -0.25) is 14.4 Å². The topological polar surface area (TPSA) is 122 Å². The number of aryl methyl sites for hydroxylation is 1. The van der Waals surface area contributed by atoms with Crippen molar-refractivity contribution in [3.63, 3.8) is 0 Å². The SMILES string of the molecule is COc1ccc(C(O)=C2C(=O)C(=O)N(CCN(C)C)C2c2ccc(OCC(N)=O)cc2)c(C)c1. The van der Waals surface area contributed by atoms with Crippen molar-refractivity contribution < 1.29 is 29.0 Å². The van der Waals surface area contributed by atoms with Gasteiger partial charge in [0, 0.05) is 18.7 Å². The molecule has 0 spiro atoms. The number of nitrogens with two attached hydrogens (primary N) is 1. The lowest BCUT2D eigenvalue weighted by Gasteiger charge is -2.26. The number of aliphatic hydroxyl groups is 1. The van der Waals surface area contributed by atoms with Crippen LogP contribution in [0.15, 0.2) is 48.0 Å². The van der Waals surface area contributed by atoms with E-state index in [-0.39, 0.29) is 17.9 Å². The van der Waals surface area contributed by atoms with Crippen LogP contribution in [0.1, 0.15) is 22.7 Å². The number of Topliss-reactive ketones (excluding diaryl/α,β-unsaturated/α-hetero) is 1. The van der Waals surface area contributed by atoms with Crippen LogP contribution in [0, 0.1) is 6.92 Å². The molecule has 1 aliphatic heterocycles. The molecular weight excluding hydrogens is 438 g/mol. The lowest BCUT2D eigenvalue weighted by molar-refractivity contribution is -0.140. The van der Waals surface area contributed by atoms with E-state index in [4.69, 9.17) is 15.2 Å². The number of aliphatic hydroxyl groups excluding tert-OH is 1. The average Bonchev–Trinajstić information content (AvgIpc) is 3.06. The van der Waals surface area contributed by atoms with Crippen molar-refractivity contribution in [2.75, 3.05) is 40.9 Å². The lowest BCUT2D eigenvalue weighted by Crippen LogP contribution is -2.35. The van der Waals surface area contributed by atoms with Crippen molar-refractivity contribution in [3.8, 4) is 11.5 Å². The van der Waals surface area contributed by atoms with Crippen molar-refractivity contribution in [2.24, 2.45) is 5.73 Å². The summed E-state index contributed by atoms with van der Waals surface area (Å²) in [6, 6.07) is 11.0. The second-order valence-electron chi connectivity index (χ2n) is 8.30. The molecule has 1 unspecified atom stereocenters. The number of carbonyl (C=O) groups is 3. The Morgan fingerprint density at radius 2 is 1.76 bits per heavy atom. The molecule has 180 valence electrons. The fourth-order valence-electron chi connectivity index (χ4n) is 3.84. The van der Waals surface area contributed by atoms with Gasteiger partial charge < -0.3 is 30.1 Å². The normalized spacial score (nSPS) is 17.3. The molecule has 1 heterocycles. The number of carbonyl (C=O) groups excluding carboxylic acids is 3. The smallest absolute Gasteiger partial charge is 0.295 e. The van der Waals surface area contributed by atoms with Crippen LogP contribution in [-0.2, 0) is 14.4 Å². The number of benzene rings is 2. The number of rotatable bonds is 9. The number of ketones is 1. The Bertz CT molecular complexity index is 1120. The fourth-order valence-corrected chi connectivity index (χ4v) is 3.84. The summed E-state index contributed by atoms with van der Waals surface area (Å²) >= 11 is 0. The number of hydrogen-bond acceptors (Lipinski definition) is 7. The Balaban J connectivity index is 2.09. The number of ether oxygens (including phenoxy) is 2. The third-order valence-corrected chi connectivity index (χ3v) is 5.59. The maximum atomic E-state index is 13.1. The summed E-state index contributed by atoms with van der Waals surface area (Å²) in [6.07, 6.45) is 0. The monoisotopic (exact) mass is 467 g/mol. The van der Waals surface area contributed by atoms with Crippen molar-refractivity contribution in [1.29, 1.82) is 0 Å². The van der Waals surface area contributed by atoms with Crippen LogP contribution in [0.3, 0.4) is 0 Å². The van der Waals surface area contributed by atoms with Gasteiger partial charge in [-0.15, -0.1) is 0 Å². The number of nitrogens with zero attached hydrogens (tertiary/aromatic N) is 2. The van der Waals surface area contributed by atoms with E-state index in [0.29, 0.717) is 41.3 Å². The molecule has 1 fully saturated rings. The Morgan fingerprint density at radius 1 is 1.12 bits per heavy atom. The molecule has 0 radical (unpaired) electrons. The molecule has 0 aromatic heterocycles. The van der Waals surface area contributed by atoms with E-state index in [9.17, 15) is 19.5 Å². The first-order valence-corrected chi connectivity index (χ1v) is 10.7. The standard InChI is InChI=1S/C25H29N3O6/c1-15-13-18(33-4)9-10-19(15)23(30)21-22(28(12-11-27(2)3)25(32)24(21)31)16-5-7-17(8-6-16)34-14-20(26)29/h5-10,13,22,30H,11-12,14H2,1-4H3,(H2,26,29). The number of likely N-dealkylation sites (N-methyl/N-ethyl adjacent to an activating group) is 1. The van der Waals surface area contributed by atoms with Crippen LogP contribution in [0.2, 0.25) is 0 Å². The van der Waals surface area contributed by atoms with Gasteiger partial charge in [-0.05, 0) is 62.5 Å². The zero-order valence-corrected chi connectivity index (χ0v) is 19.7. The molecule has 0 saturated carbocycles. The largest absolute Gasteiger partial charge is 0.507 e. The maximum Gasteiger partial charge on any atom is 0.295 e. The third kappa shape index (κ3) is 5.20. The minimum atomic E-state index is -0.786. The van der Waals surface area contributed by atoms with Crippen LogP contribution < -0.4 is 15.2 Å². The maximum absolute atomic E-state index is 13.1. The van der Waals surface area contributed by atoms with Crippen molar-refractivity contribution in [1.82, 2.24) is 9.80 Å². The summed E-state index contributed by atoms with van der Waals surface area (Å²) in [5.41, 5.74) is 6.90. The number of primary amides is 1. The van der Waals surface area contributed by atoms with Crippen LogP contribution >= 0.6 is 0 Å². The Kier molecular flexibility index (Phi) is 7.57. The number of amides is 2. The van der Waals surface area contributed by atoms with Crippen LogP contribution in [-0.4, -0.2) is 73.4 Å². The molecule has 3 N–H and O–H groups in total. The predicted molar refractivity (Wildman–Crippen MR) is 126 cm³/mol. The Labute approximate surface area is 198 Å².